The molecule has 0 amide bonds. The fourth-order valence-electron chi connectivity index (χ4n) is 3.08. The number of nitrogens with zero attached hydrogens (tertiary/aromatic N) is 4. The molecule has 0 saturated carbocycles. The number of benzene rings is 1. The zero-order chi connectivity index (χ0) is 21.9. The van der Waals surface area contributed by atoms with E-state index in [4.69, 9.17) is 10.5 Å². The van der Waals surface area contributed by atoms with Crippen molar-refractivity contribution in [3.8, 4) is 5.75 Å². The molecular weight excluding hydrogens is 382 g/mol. The first-order chi connectivity index (χ1) is 14.2. The first-order valence-electron chi connectivity index (χ1n) is 10.1. The molecule has 1 aromatic carbocycles. The van der Waals surface area contributed by atoms with Gasteiger partial charge in [0, 0.05) is 19.1 Å². The summed E-state index contributed by atoms with van der Waals surface area (Å²) in [6.45, 7) is 8.72. The normalized spacial score (nSPS) is 11.8. The second-order valence-electron chi connectivity index (χ2n) is 8.19. The van der Waals surface area contributed by atoms with Crippen LogP contribution < -0.4 is 21.1 Å². The summed E-state index contributed by atoms with van der Waals surface area (Å²) in [5.74, 6) is 1.74. The third-order valence-electron chi connectivity index (χ3n) is 4.82. The van der Waals surface area contributed by atoms with Gasteiger partial charge in [-0.3, -0.25) is 0 Å². The van der Waals surface area contributed by atoms with Crippen molar-refractivity contribution in [2.45, 2.75) is 52.3 Å². The predicted molar refractivity (Wildman–Crippen MR) is 120 cm³/mol. The number of imidazole rings is 1. The van der Waals surface area contributed by atoms with Crippen molar-refractivity contribution in [1.82, 2.24) is 19.5 Å². The topological polar surface area (TPSA) is 123 Å². The molecule has 2 heterocycles. The molecule has 0 spiro atoms. The summed E-state index contributed by atoms with van der Waals surface area (Å²) < 4.78 is 7.31. The molecule has 9 nitrogen and oxygen atoms in total. The number of rotatable bonds is 9. The van der Waals surface area contributed by atoms with Gasteiger partial charge in [0.2, 0.25) is 5.95 Å². The molecule has 0 fully saturated rings. The van der Waals surface area contributed by atoms with Crippen LogP contribution in [0.2, 0.25) is 0 Å². The first kappa shape index (κ1) is 21.6. The van der Waals surface area contributed by atoms with Crippen LogP contribution in [0.4, 0.5) is 17.5 Å². The lowest BCUT2D eigenvalue weighted by Crippen LogP contribution is -2.23. The highest BCUT2D eigenvalue weighted by Crippen LogP contribution is 2.27. The SMILES string of the molecule is COc1cccc(CNc2nc(NCCC(C)(C)O)nc3c2ncn3C(C)C)c1N. The van der Waals surface area contributed by atoms with E-state index >= 15 is 0 Å². The lowest BCUT2D eigenvalue weighted by Gasteiger charge is -2.17. The standard InChI is InChI=1S/C21H31N7O2/c1-13(2)28-12-25-17-18(24-11-14-7-6-8-15(30-5)16(14)22)26-20(27-19(17)28)23-10-9-21(3,4)29/h6-8,12-13,29H,9-11,22H2,1-5H3,(H2,23,24,26,27). The Balaban J connectivity index is 1.90. The third kappa shape index (κ3) is 4.91. The minimum absolute atomic E-state index is 0.205. The highest BCUT2D eigenvalue weighted by molar-refractivity contribution is 5.84. The van der Waals surface area contributed by atoms with Gasteiger partial charge in [-0.2, -0.15) is 9.97 Å². The van der Waals surface area contributed by atoms with Crippen LogP contribution >= 0.6 is 0 Å². The number of aliphatic hydroxyl groups is 1. The summed E-state index contributed by atoms with van der Waals surface area (Å²) in [5.41, 5.74) is 8.37. The maximum atomic E-state index is 9.96. The molecule has 3 rings (SSSR count). The van der Waals surface area contributed by atoms with Gasteiger partial charge in [-0.25, -0.2) is 4.98 Å². The fraction of sp³-hybridized carbons (Fsp3) is 0.476. The number of hydrogen-bond donors (Lipinski definition) is 4. The van der Waals surface area contributed by atoms with Crippen LogP contribution in [0.1, 0.15) is 45.7 Å². The second kappa shape index (κ2) is 8.74. The molecule has 0 aliphatic heterocycles. The van der Waals surface area contributed by atoms with Gasteiger partial charge in [0.05, 0.1) is 24.7 Å². The van der Waals surface area contributed by atoms with E-state index in [2.05, 4.69) is 39.4 Å². The minimum Gasteiger partial charge on any atom is -0.495 e. The van der Waals surface area contributed by atoms with Crippen LogP contribution in [-0.2, 0) is 6.54 Å². The number of nitrogens with two attached hydrogens (primary N) is 1. The molecule has 0 unspecified atom stereocenters. The van der Waals surface area contributed by atoms with E-state index in [1.807, 2.05) is 22.8 Å². The monoisotopic (exact) mass is 413 g/mol. The number of anilines is 3. The summed E-state index contributed by atoms with van der Waals surface area (Å²) >= 11 is 0. The van der Waals surface area contributed by atoms with Gasteiger partial charge in [-0.15, -0.1) is 0 Å². The van der Waals surface area contributed by atoms with Crippen molar-refractivity contribution in [1.29, 1.82) is 0 Å². The highest BCUT2D eigenvalue weighted by atomic mass is 16.5. The number of nitrogens with one attached hydrogen (secondary N) is 2. The van der Waals surface area contributed by atoms with Crippen molar-refractivity contribution in [3.05, 3.63) is 30.1 Å². The van der Waals surface area contributed by atoms with Crippen molar-refractivity contribution in [2.24, 2.45) is 0 Å². The van der Waals surface area contributed by atoms with Gasteiger partial charge in [0.25, 0.3) is 0 Å². The molecular formula is C21H31N7O2. The smallest absolute Gasteiger partial charge is 0.226 e. The van der Waals surface area contributed by atoms with E-state index in [1.165, 1.54) is 0 Å². The van der Waals surface area contributed by atoms with E-state index in [0.29, 0.717) is 48.2 Å². The molecule has 3 aromatic rings. The van der Waals surface area contributed by atoms with E-state index in [-0.39, 0.29) is 6.04 Å². The molecule has 30 heavy (non-hydrogen) atoms. The Morgan fingerprint density at radius 3 is 2.67 bits per heavy atom. The Labute approximate surface area is 176 Å². The zero-order valence-corrected chi connectivity index (χ0v) is 18.2. The van der Waals surface area contributed by atoms with Crippen LogP contribution in [0, 0.1) is 0 Å². The molecule has 0 saturated heterocycles. The van der Waals surface area contributed by atoms with Gasteiger partial charge in [-0.1, -0.05) is 12.1 Å². The largest absolute Gasteiger partial charge is 0.495 e. The van der Waals surface area contributed by atoms with E-state index in [0.717, 1.165) is 11.2 Å². The Morgan fingerprint density at radius 1 is 1.23 bits per heavy atom. The number of hydrogen-bond acceptors (Lipinski definition) is 8. The highest BCUT2D eigenvalue weighted by Gasteiger charge is 2.17. The number of aromatic nitrogens is 4. The predicted octanol–water partition coefficient (Wildman–Crippen LogP) is 3.18. The van der Waals surface area contributed by atoms with E-state index in [9.17, 15) is 5.11 Å². The van der Waals surface area contributed by atoms with E-state index < -0.39 is 5.60 Å². The minimum atomic E-state index is -0.762. The lowest BCUT2D eigenvalue weighted by molar-refractivity contribution is 0.0748. The molecule has 162 valence electrons. The molecule has 5 N–H and O–H groups in total. The van der Waals surface area contributed by atoms with Gasteiger partial charge in [0.1, 0.15) is 5.75 Å². The lowest BCUT2D eigenvalue weighted by atomic mass is 10.1. The molecule has 9 heteroatoms. The molecule has 0 radical (unpaired) electrons. The number of ether oxygens (including phenoxy) is 1. The van der Waals surface area contributed by atoms with Crippen LogP contribution in [0.15, 0.2) is 24.5 Å². The first-order valence-corrected chi connectivity index (χ1v) is 10.1. The van der Waals surface area contributed by atoms with Crippen LogP contribution in [0.5, 0.6) is 5.75 Å². The quantitative estimate of drug-likeness (QED) is 0.394. The van der Waals surface area contributed by atoms with Crippen molar-refractivity contribution in [2.75, 3.05) is 30.0 Å². The zero-order valence-electron chi connectivity index (χ0n) is 18.2. The van der Waals surface area contributed by atoms with E-state index in [1.54, 1.807) is 27.3 Å². The Kier molecular flexibility index (Phi) is 6.31. The summed E-state index contributed by atoms with van der Waals surface area (Å²) in [4.78, 5) is 13.8. The molecule has 0 atom stereocenters. The van der Waals surface area contributed by atoms with Crippen LogP contribution in [0.3, 0.4) is 0 Å². The maximum absolute atomic E-state index is 9.96. The van der Waals surface area contributed by atoms with Gasteiger partial charge in [-0.05, 0) is 45.7 Å². The number of para-hydroxylation sites is 1. The summed E-state index contributed by atoms with van der Waals surface area (Å²) in [6, 6.07) is 5.88. The van der Waals surface area contributed by atoms with Crippen molar-refractivity contribution < 1.29 is 9.84 Å². The Morgan fingerprint density at radius 2 is 2.00 bits per heavy atom. The van der Waals surface area contributed by atoms with Gasteiger partial charge >= 0.3 is 0 Å². The molecule has 2 aromatic heterocycles. The molecule has 0 aliphatic rings. The molecule has 0 bridgehead atoms. The average molecular weight is 414 g/mol. The van der Waals surface area contributed by atoms with Crippen molar-refractivity contribution in [3.63, 3.8) is 0 Å². The molecule has 0 aliphatic carbocycles. The van der Waals surface area contributed by atoms with Gasteiger partial charge < -0.3 is 30.8 Å². The average Bonchev–Trinajstić information content (AvgIpc) is 3.10. The summed E-state index contributed by atoms with van der Waals surface area (Å²) in [7, 11) is 1.60. The van der Waals surface area contributed by atoms with Crippen molar-refractivity contribution >= 4 is 28.6 Å². The number of nitrogen functional groups attached to an aromatic ring is 1. The maximum Gasteiger partial charge on any atom is 0.226 e. The third-order valence-corrected chi connectivity index (χ3v) is 4.82. The number of methoxy groups -OCH3 is 1. The van der Waals surface area contributed by atoms with Crippen LogP contribution in [0.25, 0.3) is 11.2 Å². The Hall–Kier alpha value is -3.07. The summed E-state index contributed by atoms with van der Waals surface area (Å²) in [5, 5.41) is 16.5. The van der Waals surface area contributed by atoms with Crippen LogP contribution in [-0.4, -0.2) is 43.9 Å². The second-order valence-corrected chi connectivity index (χ2v) is 8.19. The summed E-state index contributed by atoms with van der Waals surface area (Å²) in [6.07, 6.45) is 2.34. The Bertz CT molecular complexity index is 1010. The fourth-order valence-corrected chi connectivity index (χ4v) is 3.08. The van der Waals surface area contributed by atoms with Gasteiger partial charge in [0.15, 0.2) is 17.0 Å². The number of fused-ring (bicyclic) bond motifs is 1.